The van der Waals surface area contributed by atoms with Crippen LogP contribution < -0.4 is 16.6 Å². The molecule has 0 unspecified atom stereocenters. The van der Waals surface area contributed by atoms with Gasteiger partial charge in [0.1, 0.15) is 5.82 Å². The molecule has 0 bridgehead atoms. The van der Waals surface area contributed by atoms with E-state index in [0.717, 1.165) is 27.7 Å². The summed E-state index contributed by atoms with van der Waals surface area (Å²) >= 11 is 0. The van der Waals surface area contributed by atoms with Crippen molar-refractivity contribution in [3.8, 4) is 0 Å². The van der Waals surface area contributed by atoms with Crippen LogP contribution >= 0.6 is 0 Å². The van der Waals surface area contributed by atoms with Gasteiger partial charge in [0.15, 0.2) is 0 Å². The number of anilines is 2. The Morgan fingerprint density at radius 2 is 1.72 bits per heavy atom. The maximum atomic E-state index is 12.2. The highest BCUT2D eigenvalue weighted by atomic mass is 16.1. The second kappa shape index (κ2) is 5.90. The van der Waals surface area contributed by atoms with E-state index in [1.165, 1.54) is 4.68 Å². The predicted molar refractivity (Wildman–Crippen MR) is 100 cm³/mol. The summed E-state index contributed by atoms with van der Waals surface area (Å²) in [5, 5.41) is 10.3. The first-order valence-corrected chi connectivity index (χ1v) is 7.97. The van der Waals surface area contributed by atoms with Crippen molar-refractivity contribution in [1.82, 2.24) is 14.8 Å². The molecule has 0 amide bonds. The predicted octanol–water partition coefficient (Wildman–Crippen LogP) is 2.68. The minimum absolute atomic E-state index is 0.0991. The number of nitrogen functional groups attached to an aromatic ring is 1. The SMILES string of the molecule is Cn1nc(CNc2cc(N)nc3ccccc23)c2ccccc2c1=O. The van der Waals surface area contributed by atoms with Crippen LogP contribution in [0, 0.1) is 0 Å². The molecule has 2 aromatic carbocycles. The number of aromatic nitrogens is 3. The first-order chi connectivity index (χ1) is 12.1. The van der Waals surface area contributed by atoms with Gasteiger partial charge in [0.05, 0.1) is 23.1 Å². The fraction of sp³-hybridized carbons (Fsp3) is 0.105. The van der Waals surface area contributed by atoms with E-state index in [1.807, 2.05) is 54.6 Å². The molecule has 0 atom stereocenters. The molecular weight excluding hydrogens is 314 g/mol. The summed E-state index contributed by atoms with van der Waals surface area (Å²) in [7, 11) is 1.66. The fourth-order valence-corrected chi connectivity index (χ4v) is 3.03. The molecule has 6 nitrogen and oxygen atoms in total. The number of aryl methyl sites for hydroxylation is 1. The van der Waals surface area contributed by atoms with E-state index in [9.17, 15) is 4.79 Å². The van der Waals surface area contributed by atoms with E-state index in [-0.39, 0.29) is 5.56 Å². The van der Waals surface area contributed by atoms with Crippen LogP contribution in [0.25, 0.3) is 21.7 Å². The molecule has 3 N–H and O–H groups in total. The van der Waals surface area contributed by atoms with Gasteiger partial charge in [-0.05, 0) is 12.1 Å². The highest BCUT2D eigenvalue weighted by Gasteiger charge is 2.09. The van der Waals surface area contributed by atoms with Crippen LogP contribution in [0.2, 0.25) is 0 Å². The van der Waals surface area contributed by atoms with Crippen LogP contribution in [0.4, 0.5) is 11.5 Å². The van der Waals surface area contributed by atoms with Gasteiger partial charge in [0.25, 0.3) is 5.56 Å². The maximum Gasteiger partial charge on any atom is 0.274 e. The molecule has 0 aliphatic heterocycles. The topological polar surface area (TPSA) is 85.8 Å². The molecular formula is C19H17N5O. The van der Waals surface area contributed by atoms with Gasteiger partial charge in [0, 0.05) is 29.6 Å². The van der Waals surface area contributed by atoms with Crippen LogP contribution in [0.1, 0.15) is 5.69 Å². The summed E-state index contributed by atoms with van der Waals surface area (Å²) in [6, 6.07) is 17.1. The zero-order valence-electron chi connectivity index (χ0n) is 13.7. The molecule has 0 aliphatic rings. The monoisotopic (exact) mass is 331 g/mol. The lowest BCUT2D eigenvalue weighted by molar-refractivity contribution is 0.695. The number of rotatable bonds is 3. The van der Waals surface area contributed by atoms with Crippen molar-refractivity contribution in [2.24, 2.45) is 7.05 Å². The van der Waals surface area contributed by atoms with Crippen molar-refractivity contribution in [3.05, 3.63) is 70.6 Å². The number of para-hydroxylation sites is 1. The number of nitrogens with two attached hydrogens (primary N) is 1. The van der Waals surface area contributed by atoms with Crippen LogP contribution in [0.15, 0.2) is 59.4 Å². The zero-order valence-corrected chi connectivity index (χ0v) is 13.7. The average Bonchev–Trinajstić information content (AvgIpc) is 2.63. The molecule has 0 aliphatic carbocycles. The average molecular weight is 331 g/mol. The summed E-state index contributed by atoms with van der Waals surface area (Å²) in [6.45, 7) is 0.474. The molecule has 2 heterocycles. The largest absolute Gasteiger partial charge is 0.384 e. The van der Waals surface area contributed by atoms with Crippen LogP contribution in [0.3, 0.4) is 0 Å². The van der Waals surface area contributed by atoms with Crippen LogP contribution in [-0.2, 0) is 13.6 Å². The molecule has 4 aromatic rings. The van der Waals surface area contributed by atoms with Gasteiger partial charge >= 0.3 is 0 Å². The normalized spacial score (nSPS) is 11.1. The van der Waals surface area contributed by atoms with E-state index in [0.29, 0.717) is 17.7 Å². The van der Waals surface area contributed by atoms with Gasteiger partial charge in [0.2, 0.25) is 0 Å². The summed E-state index contributed by atoms with van der Waals surface area (Å²) in [4.78, 5) is 16.6. The fourth-order valence-electron chi connectivity index (χ4n) is 3.03. The van der Waals surface area contributed by atoms with Gasteiger partial charge in [-0.15, -0.1) is 0 Å². The molecule has 124 valence electrons. The Morgan fingerprint density at radius 3 is 2.52 bits per heavy atom. The first-order valence-electron chi connectivity index (χ1n) is 7.97. The zero-order chi connectivity index (χ0) is 17.4. The number of nitrogens with zero attached hydrogens (tertiary/aromatic N) is 3. The third-order valence-electron chi connectivity index (χ3n) is 4.22. The van der Waals surface area contributed by atoms with E-state index in [2.05, 4.69) is 15.4 Å². The Hall–Kier alpha value is -3.41. The Balaban J connectivity index is 1.77. The Bertz CT molecular complexity index is 1150. The summed E-state index contributed by atoms with van der Waals surface area (Å²) in [6.07, 6.45) is 0. The van der Waals surface area contributed by atoms with Crippen molar-refractivity contribution in [2.75, 3.05) is 11.1 Å². The van der Waals surface area contributed by atoms with Gasteiger partial charge in [-0.2, -0.15) is 5.10 Å². The lowest BCUT2D eigenvalue weighted by Crippen LogP contribution is -2.22. The minimum Gasteiger partial charge on any atom is -0.384 e. The Kier molecular flexibility index (Phi) is 3.57. The third-order valence-corrected chi connectivity index (χ3v) is 4.22. The molecule has 0 fully saturated rings. The molecule has 0 saturated carbocycles. The maximum absolute atomic E-state index is 12.2. The van der Waals surface area contributed by atoms with Gasteiger partial charge in [-0.3, -0.25) is 4.79 Å². The van der Waals surface area contributed by atoms with E-state index in [4.69, 9.17) is 5.73 Å². The van der Waals surface area contributed by atoms with Crippen molar-refractivity contribution in [2.45, 2.75) is 6.54 Å². The summed E-state index contributed by atoms with van der Waals surface area (Å²) in [5.74, 6) is 0.458. The smallest absolute Gasteiger partial charge is 0.274 e. The highest BCUT2D eigenvalue weighted by Crippen LogP contribution is 2.25. The Labute approximate surface area is 143 Å². The number of hydrogen-bond acceptors (Lipinski definition) is 5. The summed E-state index contributed by atoms with van der Waals surface area (Å²) < 4.78 is 1.37. The van der Waals surface area contributed by atoms with Crippen molar-refractivity contribution >= 4 is 33.2 Å². The number of benzene rings is 2. The minimum atomic E-state index is -0.0991. The molecule has 25 heavy (non-hydrogen) atoms. The van der Waals surface area contributed by atoms with Crippen LogP contribution in [0.5, 0.6) is 0 Å². The number of nitrogens with one attached hydrogen (secondary N) is 1. The molecule has 0 spiro atoms. The number of pyridine rings is 1. The quantitative estimate of drug-likeness (QED) is 0.603. The third kappa shape index (κ3) is 2.67. The molecule has 6 heteroatoms. The second-order valence-electron chi connectivity index (χ2n) is 5.89. The van der Waals surface area contributed by atoms with E-state index < -0.39 is 0 Å². The number of hydrogen-bond donors (Lipinski definition) is 2. The highest BCUT2D eigenvalue weighted by molar-refractivity contribution is 5.93. The lowest BCUT2D eigenvalue weighted by atomic mass is 10.1. The summed E-state index contributed by atoms with van der Waals surface area (Å²) in [5.41, 5.74) is 8.35. The van der Waals surface area contributed by atoms with Crippen molar-refractivity contribution in [3.63, 3.8) is 0 Å². The van der Waals surface area contributed by atoms with Gasteiger partial charge in [-0.1, -0.05) is 36.4 Å². The number of fused-ring (bicyclic) bond motifs is 2. The first kappa shape index (κ1) is 15.1. The second-order valence-corrected chi connectivity index (χ2v) is 5.89. The van der Waals surface area contributed by atoms with Crippen molar-refractivity contribution in [1.29, 1.82) is 0 Å². The molecule has 2 aromatic heterocycles. The molecule has 0 radical (unpaired) electrons. The molecule has 4 rings (SSSR count). The standard InChI is InChI=1S/C19H17N5O/c1-24-19(25)13-7-3-2-6-12(13)17(23-24)11-21-16-10-18(20)22-15-9-5-4-8-14(15)16/h2-10H,11H2,1H3,(H3,20,21,22). The van der Waals surface area contributed by atoms with E-state index >= 15 is 0 Å². The molecule has 0 saturated heterocycles. The van der Waals surface area contributed by atoms with Gasteiger partial charge < -0.3 is 11.1 Å². The van der Waals surface area contributed by atoms with Gasteiger partial charge in [-0.25, -0.2) is 9.67 Å². The van der Waals surface area contributed by atoms with E-state index in [1.54, 1.807) is 7.05 Å². The lowest BCUT2D eigenvalue weighted by Gasteiger charge is -2.12. The van der Waals surface area contributed by atoms with Crippen LogP contribution in [-0.4, -0.2) is 14.8 Å². The van der Waals surface area contributed by atoms with Crippen molar-refractivity contribution < 1.29 is 0 Å². The Morgan fingerprint density at radius 1 is 1.04 bits per heavy atom.